The second kappa shape index (κ2) is 6.10. The van der Waals surface area contributed by atoms with Crippen LogP contribution in [0.2, 0.25) is 0 Å². The fraction of sp³-hybridized carbons (Fsp3) is 0.143. The lowest BCUT2D eigenvalue weighted by Crippen LogP contribution is -2.04. The highest BCUT2D eigenvalue weighted by molar-refractivity contribution is 5.89. The van der Waals surface area contributed by atoms with E-state index in [9.17, 15) is 13.6 Å². The van der Waals surface area contributed by atoms with E-state index < -0.39 is 17.6 Å². The topological polar surface area (TPSA) is 48.4 Å². The van der Waals surface area contributed by atoms with Crippen LogP contribution in [0.5, 0.6) is 11.6 Å². The van der Waals surface area contributed by atoms with E-state index in [0.29, 0.717) is 0 Å². The number of hydrogen-bond acceptors (Lipinski definition) is 4. The molecule has 0 aliphatic rings. The number of benzene rings is 1. The minimum atomic E-state index is -0.747. The molecule has 0 aliphatic carbocycles. The first-order chi connectivity index (χ1) is 9.58. The third kappa shape index (κ3) is 3.50. The predicted molar refractivity (Wildman–Crippen MR) is 66.6 cm³/mol. The molecule has 0 N–H and O–H groups in total. The molecule has 104 valence electrons. The zero-order valence-electron chi connectivity index (χ0n) is 10.6. The maximum Gasteiger partial charge on any atom is 0.339 e. The smallest absolute Gasteiger partial charge is 0.339 e. The van der Waals surface area contributed by atoms with Crippen molar-refractivity contribution in [3.8, 4) is 11.6 Å². The molecule has 0 bridgehead atoms. The molecule has 0 aliphatic heterocycles. The van der Waals surface area contributed by atoms with Crippen LogP contribution < -0.4 is 4.74 Å². The van der Waals surface area contributed by atoms with Crippen molar-refractivity contribution in [2.75, 3.05) is 6.61 Å². The van der Waals surface area contributed by atoms with Gasteiger partial charge in [-0.05, 0) is 13.0 Å². The third-order valence-corrected chi connectivity index (χ3v) is 2.31. The van der Waals surface area contributed by atoms with E-state index in [2.05, 4.69) is 4.98 Å². The van der Waals surface area contributed by atoms with Gasteiger partial charge in [0.05, 0.1) is 12.2 Å². The van der Waals surface area contributed by atoms with Crippen LogP contribution in [-0.4, -0.2) is 17.6 Å². The highest BCUT2D eigenvalue weighted by atomic mass is 19.1. The Balaban J connectivity index is 2.12. The number of nitrogens with zero attached hydrogens (tertiary/aromatic N) is 1. The van der Waals surface area contributed by atoms with Gasteiger partial charge in [-0.1, -0.05) is 0 Å². The van der Waals surface area contributed by atoms with Crippen molar-refractivity contribution in [3.63, 3.8) is 0 Å². The summed E-state index contributed by atoms with van der Waals surface area (Å²) in [5.41, 5.74) is 0.268. The number of rotatable bonds is 4. The third-order valence-electron chi connectivity index (χ3n) is 2.31. The average Bonchev–Trinajstić information content (AvgIpc) is 2.38. The SMILES string of the molecule is CCOC(=O)c1ccc(Oc2cc(F)cc(F)c2)nc1. The molecule has 0 amide bonds. The Labute approximate surface area is 114 Å². The molecular weight excluding hydrogens is 268 g/mol. The molecule has 0 atom stereocenters. The summed E-state index contributed by atoms with van der Waals surface area (Å²) < 4.78 is 36.0. The summed E-state index contributed by atoms with van der Waals surface area (Å²) in [7, 11) is 0. The average molecular weight is 279 g/mol. The van der Waals surface area contributed by atoms with E-state index >= 15 is 0 Å². The Kier molecular flexibility index (Phi) is 4.24. The van der Waals surface area contributed by atoms with Gasteiger partial charge in [-0.3, -0.25) is 0 Å². The number of hydrogen-bond donors (Lipinski definition) is 0. The monoisotopic (exact) mass is 279 g/mol. The second-order valence-corrected chi connectivity index (χ2v) is 3.81. The van der Waals surface area contributed by atoms with E-state index in [1.165, 1.54) is 18.3 Å². The Hall–Kier alpha value is -2.50. The van der Waals surface area contributed by atoms with Crippen LogP contribution in [-0.2, 0) is 4.74 Å². The molecule has 2 aromatic rings. The zero-order valence-corrected chi connectivity index (χ0v) is 10.6. The first-order valence-electron chi connectivity index (χ1n) is 5.85. The maximum atomic E-state index is 13.0. The molecule has 6 heteroatoms. The lowest BCUT2D eigenvalue weighted by molar-refractivity contribution is 0.0526. The normalized spacial score (nSPS) is 10.2. The minimum absolute atomic E-state index is 0.0149. The van der Waals surface area contributed by atoms with Gasteiger partial charge >= 0.3 is 5.97 Å². The molecule has 0 fully saturated rings. The van der Waals surface area contributed by atoms with Gasteiger partial charge in [-0.15, -0.1) is 0 Å². The van der Waals surface area contributed by atoms with Crippen molar-refractivity contribution < 1.29 is 23.0 Å². The molecule has 4 nitrogen and oxygen atoms in total. The van der Waals surface area contributed by atoms with Crippen molar-refractivity contribution in [3.05, 3.63) is 53.7 Å². The molecule has 0 saturated carbocycles. The molecule has 0 radical (unpaired) electrons. The van der Waals surface area contributed by atoms with Crippen molar-refractivity contribution in [2.45, 2.75) is 6.92 Å². The van der Waals surface area contributed by atoms with Crippen molar-refractivity contribution in [1.29, 1.82) is 0 Å². The van der Waals surface area contributed by atoms with Gasteiger partial charge in [0.25, 0.3) is 0 Å². The van der Waals surface area contributed by atoms with Crippen molar-refractivity contribution >= 4 is 5.97 Å². The Morgan fingerprint density at radius 1 is 1.20 bits per heavy atom. The van der Waals surface area contributed by atoms with Gasteiger partial charge in [0, 0.05) is 30.5 Å². The number of carbonyl (C=O) groups excluding carboxylic acids is 1. The van der Waals surface area contributed by atoms with Crippen LogP contribution in [0.3, 0.4) is 0 Å². The first-order valence-corrected chi connectivity index (χ1v) is 5.85. The molecule has 20 heavy (non-hydrogen) atoms. The summed E-state index contributed by atoms with van der Waals surface area (Å²) in [6, 6.07) is 5.67. The Morgan fingerprint density at radius 3 is 2.45 bits per heavy atom. The molecule has 1 heterocycles. The molecule has 1 aromatic heterocycles. The number of pyridine rings is 1. The maximum absolute atomic E-state index is 13.0. The molecule has 2 rings (SSSR count). The molecular formula is C14H11F2NO3. The number of carbonyl (C=O) groups is 1. The molecule has 0 unspecified atom stereocenters. The summed E-state index contributed by atoms with van der Waals surface area (Å²) >= 11 is 0. The standard InChI is InChI=1S/C14H11F2NO3/c1-2-19-14(18)9-3-4-13(17-8-9)20-12-6-10(15)5-11(16)7-12/h3-8H,2H2,1H3. The van der Waals surface area contributed by atoms with Crippen LogP contribution in [0.15, 0.2) is 36.5 Å². The lowest BCUT2D eigenvalue weighted by atomic mass is 10.3. The summed E-state index contributed by atoms with van der Waals surface area (Å²) in [4.78, 5) is 15.3. The molecule has 0 saturated heterocycles. The zero-order chi connectivity index (χ0) is 14.5. The summed E-state index contributed by atoms with van der Waals surface area (Å²) in [5, 5.41) is 0. The van der Waals surface area contributed by atoms with Crippen molar-refractivity contribution in [2.24, 2.45) is 0 Å². The first kappa shape index (κ1) is 13.9. The van der Waals surface area contributed by atoms with Gasteiger partial charge in [0.2, 0.25) is 5.88 Å². The number of esters is 1. The number of ether oxygens (including phenoxy) is 2. The summed E-state index contributed by atoms with van der Waals surface area (Å²) in [6.07, 6.45) is 1.27. The minimum Gasteiger partial charge on any atom is -0.462 e. The fourth-order valence-electron chi connectivity index (χ4n) is 1.48. The number of aromatic nitrogens is 1. The van der Waals surface area contributed by atoms with Gasteiger partial charge in [-0.25, -0.2) is 18.6 Å². The lowest BCUT2D eigenvalue weighted by Gasteiger charge is -2.06. The van der Waals surface area contributed by atoms with E-state index in [1.54, 1.807) is 6.92 Å². The Morgan fingerprint density at radius 2 is 1.90 bits per heavy atom. The van der Waals surface area contributed by atoms with E-state index in [0.717, 1.165) is 18.2 Å². The summed E-state index contributed by atoms with van der Waals surface area (Å²) in [5.74, 6) is -1.89. The van der Waals surface area contributed by atoms with Crippen LogP contribution >= 0.6 is 0 Å². The molecule has 0 spiro atoms. The largest absolute Gasteiger partial charge is 0.462 e. The predicted octanol–water partition coefficient (Wildman–Crippen LogP) is 3.33. The number of halogens is 2. The van der Waals surface area contributed by atoms with Crippen molar-refractivity contribution in [1.82, 2.24) is 4.98 Å². The van der Waals surface area contributed by atoms with E-state index in [4.69, 9.17) is 9.47 Å². The molecule has 1 aromatic carbocycles. The van der Waals surface area contributed by atoms with Gasteiger partial charge < -0.3 is 9.47 Å². The van der Waals surface area contributed by atoms with Gasteiger partial charge in [0.1, 0.15) is 17.4 Å². The van der Waals surface area contributed by atoms with Crippen LogP contribution in [0, 0.1) is 11.6 Å². The van der Waals surface area contributed by atoms with E-state index in [-0.39, 0.29) is 23.8 Å². The van der Waals surface area contributed by atoms with E-state index in [1.807, 2.05) is 0 Å². The quantitative estimate of drug-likeness (QED) is 0.805. The highest BCUT2D eigenvalue weighted by Crippen LogP contribution is 2.21. The van der Waals surface area contributed by atoms with Gasteiger partial charge in [0.15, 0.2) is 0 Å². The van der Waals surface area contributed by atoms with Crippen LogP contribution in [0.4, 0.5) is 8.78 Å². The van der Waals surface area contributed by atoms with Crippen LogP contribution in [0.1, 0.15) is 17.3 Å². The highest BCUT2D eigenvalue weighted by Gasteiger charge is 2.08. The van der Waals surface area contributed by atoms with Crippen LogP contribution in [0.25, 0.3) is 0 Å². The summed E-state index contributed by atoms with van der Waals surface area (Å²) in [6.45, 7) is 1.96. The Bertz CT molecular complexity index is 594. The fourth-order valence-corrected chi connectivity index (χ4v) is 1.48. The van der Waals surface area contributed by atoms with Gasteiger partial charge in [-0.2, -0.15) is 0 Å². The second-order valence-electron chi connectivity index (χ2n) is 3.81.